The normalized spacial score (nSPS) is 13.4. The molecule has 0 radical (unpaired) electrons. The Labute approximate surface area is 115 Å². The first-order valence-corrected chi connectivity index (χ1v) is 8.23. The average Bonchev–Trinajstić information content (AvgIpc) is 2.38. The molecule has 1 aromatic rings. The lowest BCUT2D eigenvalue weighted by atomic mass is 10.1. The van der Waals surface area contributed by atoms with Gasteiger partial charge in [0.2, 0.25) is 10.0 Å². The van der Waals surface area contributed by atoms with Crippen LogP contribution in [0.4, 0.5) is 0 Å². The Balaban J connectivity index is 2.64. The zero-order valence-corrected chi connectivity index (χ0v) is 12.4. The highest BCUT2D eigenvalue weighted by Gasteiger charge is 2.14. The zero-order valence-electron chi connectivity index (χ0n) is 11.6. The molecule has 0 aliphatic heterocycles. The van der Waals surface area contributed by atoms with Gasteiger partial charge in [0, 0.05) is 6.54 Å². The highest BCUT2D eigenvalue weighted by atomic mass is 32.2. The van der Waals surface area contributed by atoms with E-state index in [1.807, 2.05) is 0 Å². The standard InChI is InChI=1S/C14H23NO3S/c1-3-4-5-6-10-15-19(17,18)14-9-7-8-13(11-14)12(2)16/h7-9,11-12,15-16H,3-6,10H2,1-2H3. The highest BCUT2D eigenvalue weighted by Crippen LogP contribution is 2.17. The number of aliphatic hydroxyl groups excluding tert-OH is 1. The predicted octanol–water partition coefficient (Wildman–Crippen LogP) is 2.60. The molecule has 1 unspecified atom stereocenters. The van der Waals surface area contributed by atoms with Crippen molar-refractivity contribution in [3.05, 3.63) is 29.8 Å². The van der Waals surface area contributed by atoms with Gasteiger partial charge in [-0.25, -0.2) is 13.1 Å². The van der Waals surface area contributed by atoms with E-state index in [2.05, 4.69) is 11.6 Å². The second-order valence-electron chi connectivity index (χ2n) is 4.71. The van der Waals surface area contributed by atoms with Gasteiger partial charge in [-0.2, -0.15) is 0 Å². The third-order valence-corrected chi connectivity index (χ3v) is 4.43. The van der Waals surface area contributed by atoms with Gasteiger partial charge in [-0.3, -0.25) is 0 Å². The number of unbranched alkanes of at least 4 members (excludes halogenated alkanes) is 3. The average molecular weight is 285 g/mol. The summed E-state index contributed by atoms with van der Waals surface area (Å²) < 4.78 is 26.7. The summed E-state index contributed by atoms with van der Waals surface area (Å²) in [5, 5.41) is 9.47. The molecule has 19 heavy (non-hydrogen) atoms. The predicted molar refractivity (Wildman–Crippen MR) is 76.4 cm³/mol. The molecule has 0 heterocycles. The van der Waals surface area contributed by atoms with E-state index >= 15 is 0 Å². The minimum absolute atomic E-state index is 0.210. The lowest BCUT2D eigenvalue weighted by Gasteiger charge is -2.09. The third kappa shape index (κ3) is 5.30. The van der Waals surface area contributed by atoms with E-state index in [9.17, 15) is 13.5 Å². The fourth-order valence-electron chi connectivity index (χ4n) is 1.78. The van der Waals surface area contributed by atoms with Gasteiger partial charge < -0.3 is 5.11 Å². The second-order valence-corrected chi connectivity index (χ2v) is 6.47. The summed E-state index contributed by atoms with van der Waals surface area (Å²) in [6.45, 7) is 4.19. The van der Waals surface area contributed by atoms with Crippen LogP contribution in [0.2, 0.25) is 0 Å². The largest absolute Gasteiger partial charge is 0.389 e. The number of aliphatic hydroxyl groups is 1. The molecule has 0 fully saturated rings. The molecule has 0 saturated carbocycles. The zero-order chi connectivity index (χ0) is 14.3. The van der Waals surface area contributed by atoms with E-state index < -0.39 is 16.1 Å². The molecule has 0 bridgehead atoms. The van der Waals surface area contributed by atoms with E-state index in [1.54, 1.807) is 25.1 Å². The molecule has 0 saturated heterocycles. The third-order valence-electron chi connectivity index (χ3n) is 2.97. The number of rotatable bonds is 8. The Kier molecular flexibility index (Phi) is 6.48. The van der Waals surface area contributed by atoms with E-state index in [4.69, 9.17) is 0 Å². The Morgan fingerprint density at radius 2 is 2.00 bits per heavy atom. The van der Waals surface area contributed by atoms with Gasteiger partial charge in [0.15, 0.2) is 0 Å². The molecule has 0 aromatic heterocycles. The van der Waals surface area contributed by atoms with Crippen LogP contribution in [0.25, 0.3) is 0 Å². The van der Waals surface area contributed by atoms with Crippen molar-refractivity contribution in [1.29, 1.82) is 0 Å². The lowest BCUT2D eigenvalue weighted by molar-refractivity contribution is 0.199. The SMILES string of the molecule is CCCCCCNS(=O)(=O)c1cccc(C(C)O)c1. The Bertz CT molecular complexity index is 483. The first-order chi connectivity index (χ1) is 8.97. The van der Waals surface area contributed by atoms with Gasteiger partial charge in [0.05, 0.1) is 11.0 Å². The van der Waals surface area contributed by atoms with Crippen molar-refractivity contribution in [2.75, 3.05) is 6.54 Å². The molecule has 1 rings (SSSR count). The maximum atomic E-state index is 12.0. The molecule has 1 aromatic carbocycles. The summed E-state index contributed by atoms with van der Waals surface area (Å²) >= 11 is 0. The number of sulfonamides is 1. The Morgan fingerprint density at radius 3 is 2.63 bits per heavy atom. The fourth-order valence-corrected chi connectivity index (χ4v) is 2.91. The summed E-state index contributed by atoms with van der Waals surface area (Å²) in [6.07, 6.45) is 3.47. The Hall–Kier alpha value is -0.910. The van der Waals surface area contributed by atoms with Gasteiger partial charge in [0.1, 0.15) is 0 Å². The number of benzene rings is 1. The molecule has 0 aliphatic rings. The minimum Gasteiger partial charge on any atom is -0.389 e. The number of hydrogen-bond acceptors (Lipinski definition) is 3. The molecule has 4 nitrogen and oxygen atoms in total. The molecule has 1 atom stereocenters. The van der Waals surface area contributed by atoms with Gasteiger partial charge >= 0.3 is 0 Å². The first-order valence-electron chi connectivity index (χ1n) is 6.75. The molecule has 0 spiro atoms. The fraction of sp³-hybridized carbons (Fsp3) is 0.571. The van der Waals surface area contributed by atoms with Crippen LogP contribution in [0.15, 0.2) is 29.2 Å². The summed E-state index contributed by atoms with van der Waals surface area (Å²) in [5.74, 6) is 0. The molecule has 108 valence electrons. The van der Waals surface area contributed by atoms with Crippen molar-refractivity contribution in [1.82, 2.24) is 4.72 Å². The van der Waals surface area contributed by atoms with Crippen LogP contribution < -0.4 is 4.72 Å². The van der Waals surface area contributed by atoms with Crippen LogP contribution in [0, 0.1) is 0 Å². The summed E-state index contributed by atoms with van der Waals surface area (Å²) in [4.78, 5) is 0.210. The van der Waals surface area contributed by atoms with Crippen molar-refractivity contribution in [2.45, 2.75) is 50.5 Å². The van der Waals surface area contributed by atoms with Crippen molar-refractivity contribution in [2.24, 2.45) is 0 Å². The van der Waals surface area contributed by atoms with Crippen molar-refractivity contribution in [3.63, 3.8) is 0 Å². The molecule has 0 aliphatic carbocycles. The van der Waals surface area contributed by atoms with E-state index in [1.165, 1.54) is 6.07 Å². The highest BCUT2D eigenvalue weighted by molar-refractivity contribution is 7.89. The first kappa shape index (κ1) is 16.1. The maximum Gasteiger partial charge on any atom is 0.240 e. The molecule has 5 heteroatoms. The van der Waals surface area contributed by atoms with Gasteiger partial charge in [0.25, 0.3) is 0 Å². The van der Waals surface area contributed by atoms with E-state index in [0.29, 0.717) is 12.1 Å². The molecular weight excluding hydrogens is 262 g/mol. The van der Waals surface area contributed by atoms with Crippen LogP contribution in [0.3, 0.4) is 0 Å². The van der Waals surface area contributed by atoms with Crippen LogP contribution in [0.5, 0.6) is 0 Å². The van der Waals surface area contributed by atoms with Crippen LogP contribution in [-0.4, -0.2) is 20.1 Å². The number of nitrogens with one attached hydrogen (secondary N) is 1. The molecular formula is C14H23NO3S. The van der Waals surface area contributed by atoms with Crippen LogP contribution in [-0.2, 0) is 10.0 Å². The second kappa shape index (κ2) is 7.62. The molecule has 0 amide bonds. The maximum absolute atomic E-state index is 12.0. The Morgan fingerprint density at radius 1 is 1.26 bits per heavy atom. The van der Waals surface area contributed by atoms with Gasteiger partial charge in [-0.1, -0.05) is 38.3 Å². The number of hydrogen-bond donors (Lipinski definition) is 2. The minimum atomic E-state index is -3.46. The smallest absolute Gasteiger partial charge is 0.240 e. The summed E-state index contributed by atoms with van der Waals surface area (Å²) in [5.41, 5.74) is 0.605. The van der Waals surface area contributed by atoms with Crippen LogP contribution in [0.1, 0.15) is 51.2 Å². The van der Waals surface area contributed by atoms with Crippen molar-refractivity contribution < 1.29 is 13.5 Å². The molecule has 2 N–H and O–H groups in total. The van der Waals surface area contributed by atoms with Gasteiger partial charge in [-0.05, 0) is 31.0 Å². The lowest BCUT2D eigenvalue weighted by Crippen LogP contribution is -2.24. The van der Waals surface area contributed by atoms with Gasteiger partial charge in [-0.15, -0.1) is 0 Å². The topological polar surface area (TPSA) is 66.4 Å². The monoisotopic (exact) mass is 285 g/mol. The van der Waals surface area contributed by atoms with E-state index in [0.717, 1.165) is 25.7 Å². The summed E-state index contributed by atoms with van der Waals surface area (Å²) in [6, 6.07) is 6.41. The van der Waals surface area contributed by atoms with Crippen molar-refractivity contribution in [3.8, 4) is 0 Å². The summed E-state index contributed by atoms with van der Waals surface area (Å²) in [7, 11) is -3.46. The van der Waals surface area contributed by atoms with Crippen molar-refractivity contribution >= 4 is 10.0 Å². The quantitative estimate of drug-likeness (QED) is 0.721. The van der Waals surface area contributed by atoms with Crippen LogP contribution >= 0.6 is 0 Å². The van der Waals surface area contributed by atoms with E-state index in [-0.39, 0.29) is 4.90 Å².